The Balaban J connectivity index is 1.25. The number of halogens is 2. The summed E-state index contributed by atoms with van der Waals surface area (Å²) in [5, 5.41) is 24.6. The highest BCUT2D eigenvalue weighted by atomic mass is 19.3. The molecule has 2 unspecified atom stereocenters. The molecule has 2 saturated heterocycles. The van der Waals surface area contributed by atoms with Gasteiger partial charge in [0.1, 0.15) is 5.82 Å². The van der Waals surface area contributed by atoms with Gasteiger partial charge in [0.15, 0.2) is 0 Å². The minimum atomic E-state index is -2.66. The zero-order chi connectivity index (χ0) is 26.7. The van der Waals surface area contributed by atoms with Crippen molar-refractivity contribution in [3.8, 4) is 22.9 Å². The Morgan fingerprint density at radius 3 is 2.46 bits per heavy atom. The summed E-state index contributed by atoms with van der Waals surface area (Å²) in [6, 6.07) is 10.3. The lowest BCUT2D eigenvalue weighted by atomic mass is 9.97. The number of hydrogen-bond donors (Lipinski definition) is 0. The maximum absolute atomic E-state index is 13.8. The van der Waals surface area contributed by atoms with E-state index >= 15 is 0 Å². The van der Waals surface area contributed by atoms with Gasteiger partial charge in [-0.15, -0.1) is 10.2 Å². The zero-order valence-electron chi connectivity index (χ0n) is 21.2. The molecule has 1 aliphatic carbocycles. The number of nitro benzene ring substituents is 1. The van der Waals surface area contributed by atoms with Crippen molar-refractivity contribution in [1.29, 1.82) is 0 Å². The Kier molecular flexibility index (Phi) is 5.53. The number of piperidine rings is 2. The first kappa shape index (κ1) is 24.0. The smallest absolute Gasteiger partial charge is 0.271 e. The van der Waals surface area contributed by atoms with E-state index in [1.165, 1.54) is 25.3 Å². The number of aromatic nitrogens is 4. The molecule has 2 aliphatic heterocycles. The van der Waals surface area contributed by atoms with Crippen molar-refractivity contribution in [2.75, 3.05) is 36.0 Å². The number of non-ortho nitro benzene ring substituents is 1. The van der Waals surface area contributed by atoms with Gasteiger partial charge in [0, 0.05) is 56.7 Å². The number of nitrogens with zero attached hydrogens (tertiary/aromatic N) is 7. The molecule has 0 spiro atoms. The average Bonchev–Trinajstić information content (AvgIpc) is 3.68. The summed E-state index contributed by atoms with van der Waals surface area (Å²) in [4.78, 5) is 15.3. The van der Waals surface area contributed by atoms with Crippen LogP contribution in [-0.2, 0) is 0 Å². The van der Waals surface area contributed by atoms with Crippen LogP contribution in [0.15, 0.2) is 47.0 Å². The molecule has 3 aliphatic rings. The number of alkyl halides is 2. The maximum atomic E-state index is 13.8. The molecule has 10 nitrogen and oxygen atoms in total. The van der Waals surface area contributed by atoms with Crippen LogP contribution in [0.5, 0.6) is 0 Å². The van der Waals surface area contributed by atoms with Gasteiger partial charge in [-0.05, 0) is 55.4 Å². The fraction of sp³-hybridized carbons (Fsp3) is 0.444. The summed E-state index contributed by atoms with van der Waals surface area (Å²) in [7, 11) is 0. The van der Waals surface area contributed by atoms with Gasteiger partial charge in [-0.1, -0.05) is 0 Å². The van der Waals surface area contributed by atoms with E-state index in [0.29, 0.717) is 28.8 Å². The van der Waals surface area contributed by atoms with Gasteiger partial charge in [-0.25, -0.2) is 13.3 Å². The molecular weight excluding hydrogens is 508 g/mol. The van der Waals surface area contributed by atoms with Crippen LogP contribution in [0.2, 0.25) is 0 Å². The van der Waals surface area contributed by atoms with E-state index in [0.717, 1.165) is 24.3 Å². The van der Waals surface area contributed by atoms with Crippen molar-refractivity contribution in [3.05, 3.63) is 52.7 Å². The minimum Gasteiger partial charge on any atom is -0.416 e. The zero-order valence-corrected chi connectivity index (χ0v) is 21.2. The first-order valence-corrected chi connectivity index (χ1v) is 13.3. The molecule has 12 heteroatoms. The lowest BCUT2D eigenvalue weighted by Crippen LogP contribution is -2.40. The van der Waals surface area contributed by atoms with Gasteiger partial charge >= 0.3 is 0 Å². The predicted molar refractivity (Wildman–Crippen MR) is 140 cm³/mol. The summed E-state index contributed by atoms with van der Waals surface area (Å²) in [5.74, 6) is -0.243. The standard InChI is InChI=1S/C27H27F2N7O3/c28-27(29)6-9-33(10-7-27)24-13-19(12-20-5-8-30-35(20)24)25-31-32-26(39-25)22-4-3-21(36(37)38)14-23(22)34-15-17-1-2-18(11-17)16-34/h3-5,8,12-14,17-18H,1-2,6-7,9-11,15-16H2. The van der Waals surface area contributed by atoms with Gasteiger partial charge in [-0.3, -0.25) is 10.1 Å². The SMILES string of the molecule is O=[N+]([O-])c1ccc(-c2nnc(-c3cc(N4CCC(F)(F)CC4)n4nccc4c3)o2)c(N2CC3CCC(C3)C2)c1. The molecular formula is C27H27F2N7O3. The third-order valence-corrected chi connectivity index (χ3v) is 8.34. The normalized spacial score (nSPS) is 22.5. The quantitative estimate of drug-likeness (QED) is 0.246. The number of fused-ring (bicyclic) bond motifs is 3. The Labute approximate surface area is 222 Å². The highest BCUT2D eigenvalue weighted by molar-refractivity contribution is 5.77. The molecule has 7 rings (SSSR count). The Morgan fingerprint density at radius 1 is 0.974 bits per heavy atom. The van der Waals surface area contributed by atoms with Crippen LogP contribution in [0.25, 0.3) is 28.4 Å². The molecule has 2 bridgehead atoms. The fourth-order valence-corrected chi connectivity index (χ4v) is 6.36. The number of nitro groups is 1. The van der Waals surface area contributed by atoms with Crippen molar-refractivity contribution in [3.63, 3.8) is 0 Å². The van der Waals surface area contributed by atoms with Crippen LogP contribution in [0, 0.1) is 22.0 Å². The molecule has 1 saturated carbocycles. The average molecular weight is 536 g/mol. The van der Waals surface area contributed by atoms with Crippen molar-refractivity contribution in [1.82, 2.24) is 19.8 Å². The van der Waals surface area contributed by atoms with E-state index < -0.39 is 5.92 Å². The summed E-state index contributed by atoms with van der Waals surface area (Å²) >= 11 is 0. The van der Waals surface area contributed by atoms with Gasteiger partial charge in [0.25, 0.3) is 11.6 Å². The number of hydrogen-bond acceptors (Lipinski definition) is 8. The highest BCUT2D eigenvalue weighted by Gasteiger charge is 2.36. The second-order valence-electron chi connectivity index (χ2n) is 10.9. The van der Waals surface area contributed by atoms with Gasteiger partial charge < -0.3 is 14.2 Å². The molecule has 0 N–H and O–H groups in total. The topological polar surface area (TPSA) is 106 Å². The van der Waals surface area contributed by atoms with E-state index in [1.54, 1.807) is 22.8 Å². The summed E-state index contributed by atoms with van der Waals surface area (Å²) in [5.41, 5.74) is 2.84. The van der Waals surface area contributed by atoms with Crippen molar-refractivity contribution in [2.24, 2.45) is 11.8 Å². The summed E-state index contributed by atoms with van der Waals surface area (Å²) in [6.45, 7) is 2.12. The van der Waals surface area contributed by atoms with E-state index in [-0.39, 0.29) is 48.3 Å². The molecule has 2 atom stereocenters. The Bertz CT molecular complexity index is 1550. The minimum absolute atomic E-state index is 0.0225. The molecule has 0 radical (unpaired) electrons. The first-order chi connectivity index (χ1) is 18.8. The van der Waals surface area contributed by atoms with Crippen molar-refractivity contribution in [2.45, 2.75) is 38.0 Å². The molecule has 202 valence electrons. The predicted octanol–water partition coefficient (Wildman–Crippen LogP) is 5.43. The number of pyridine rings is 1. The molecule has 1 aromatic carbocycles. The van der Waals surface area contributed by atoms with E-state index in [4.69, 9.17) is 4.42 Å². The van der Waals surface area contributed by atoms with Gasteiger partial charge in [0.2, 0.25) is 11.8 Å². The van der Waals surface area contributed by atoms with Crippen LogP contribution in [-0.4, -0.2) is 56.8 Å². The van der Waals surface area contributed by atoms with Crippen LogP contribution in [0.3, 0.4) is 0 Å². The monoisotopic (exact) mass is 535 g/mol. The summed E-state index contributed by atoms with van der Waals surface area (Å²) in [6.07, 6.45) is 4.81. The lowest BCUT2D eigenvalue weighted by molar-refractivity contribution is -0.384. The van der Waals surface area contributed by atoms with Crippen molar-refractivity contribution >= 4 is 22.7 Å². The molecule has 39 heavy (non-hydrogen) atoms. The fourth-order valence-electron chi connectivity index (χ4n) is 6.36. The number of rotatable bonds is 5. The molecule has 5 heterocycles. The van der Waals surface area contributed by atoms with E-state index in [2.05, 4.69) is 20.2 Å². The molecule has 3 aromatic heterocycles. The molecule has 0 amide bonds. The van der Waals surface area contributed by atoms with Crippen LogP contribution in [0.4, 0.5) is 26.0 Å². The number of anilines is 2. The lowest BCUT2D eigenvalue weighted by Gasteiger charge is -2.34. The Hall–Kier alpha value is -4.09. The first-order valence-electron chi connectivity index (χ1n) is 13.3. The van der Waals surface area contributed by atoms with Gasteiger partial charge in [0.05, 0.1) is 27.9 Å². The maximum Gasteiger partial charge on any atom is 0.271 e. The third kappa shape index (κ3) is 4.37. The second-order valence-corrected chi connectivity index (χ2v) is 10.9. The third-order valence-electron chi connectivity index (χ3n) is 8.34. The van der Waals surface area contributed by atoms with Gasteiger partial charge in [-0.2, -0.15) is 5.10 Å². The highest BCUT2D eigenvalue weighted by Crippen LogP contribution is 2.42. The second kappa shape index (κ2) is 8.99. The Morgan fingerprint density at radius 2 is 1.72 bits per heavy atom. The molecule has 3 fully saturated rings. The van der Waals surface area contributed by atoms with Crippen LogP contribution >= 0.6 is 0 Å². The van der Waals surface area contributed by atoms with Crippen LogP contribution < -0.4 is 9.80 Å². The summed E-state index contributed by atoms with van der Waals surface area (Å²) < 4.78 is 35.5. The van der Waals surface area contributed by atoms with E-state index in [1.807, 2.05) is 23.1 Å². The van der Waals surface area contributed by atoms with Crippen LogP contribution in [0.1, 0.15) is 32.1 Å². The molecule has 4 aromatic rings. The van der Waals surface area contributed by atoms with Crippen molar-refractivity contribution < 1.29 is 18.1 Å². The largest absolute Gasteiger partial charge is 0.416 e. The number of benzene rings is 1. The van der Waals surface area contributed by atoms with E-state index in [9.17, 15) is 18.9 Å².